The number of carbonyl (C=O) groups excluding carboxylic acids is 2. The fourth-order valence-corrected chi connectivity index (χ4v) is 2.68. The van der Waals surface area contributed by atoms with Crippen LogP contribution in [0.15, 0.2) is 48.5 Å². The van der Waals surface area contributed by atoms with E-state index < -0.39 is 5.97 Å². The van der Waals surface area contributed by atoms with Crippen molar-refractivity contribution in [3.63, 3.8) is 0 Å². The Morgan fingerprint density at radius 3 is 1.94 bits per heavy atom. The zero-order valence-electron chi connectivity index (χ0n) is 18.4. The van der Waals surface area contributed by atoms with Crippen LogP contribution < -0.4 is 9.47 Å². The van der Waals surface area contributed by atoms with E-state index in [2.05, 4.69) is 34.4 Å². The van der Waals surface area contributed by atoms with E-state index in [0.29, 0.717) is 31.3 Å². The van der Waals surface area contributed by atoms with Crippen LogP contribution in [0.25, 0.3) is 0 Å². The Morgan fingerprint density at radius 2 is 1.38 bits per heavy atom. The average molecular weight is 554 g/mol. The number of rotatable bonds is 9. The Kier molecular flexibility index (Phi) is 14.4. The lowest BCUT2D eigenvalue weighted by Crippen LogP contribution is -2.14. The maximum Gasteiger partial charge on any atom is 0.344 e. The highest BCUT2D eigenvalue weighted by Gasteiger charge is 2.06. The summed E-state index contributed by atoms with van der Waals surface area (Å²) in [7, 11) is 1.58. The smallest absolute Gasteiger partial charge is 0.344 e. The molecule has 0 aliphatic heterocycles. The summed E-state index contributed by atoms with van der Waals surface area (Å²) < 4.78 is 26.0. The van der Waals surface area contributed by atoms with Gasteiger partial charge in [-0.1, -0.05) is 36.1 Å². The molecular formula is C24H27IO7. The average Bonchev–Trinajstić information content (AvgIpc) is 2.79. The Labute approximate surface area is 202 Å². The Hall–Kier alpha value is -2.77. The van der Waals surface area contributed by atoms with Crippen LogP contribution in [-0.4, -0.2) is 52.1 Å². The molecular weight excluding hydrogens is 527 g/mol. The van der Waals surface area contributed by atoms with Crippen molar-refractivity contribution in [3.8, 4) is 23.3 Å². The van der Waals surface area contributed by atoms with Gasteiger partial charge in [-0.15, -0.1) is 0 Å². The lowest BCUT2D eigenvalue weighted by Gasteiger charge is -2.07. The molecule has 0 unspecified atom stereocenters. The van der Waals surface area contributed by atoms with Gasteiger partial charge in [0.2, 0.25) is 0 Å². The molecule has 0 amide bonds. The molecule has 0 spiro atoms. The van der Waals surface area contributed by atoms with Crippen molar-refractivity contribution in [1.29, 1.82) is 0 Å². The summed E-state index contributed by atoms with van der Waals surface area (Å²) in [5, 5.41) is 0. The third kappa shape index (κ3) is 11.6. The summed E-state index contributed by atoms with van der Waals surface area (Å²) in [4.78, 5) is 22.2. The number of benzene rings is 2. The molecule has 0 fully saturated rings. The van der Waals surface area contributed by atoms with Gasteiger partial charge in [0, 0.05) is 7.11 Å². The third-order valence-corrected chi connectivity index (χ3v) is 4.36. The molecule has 0 heterocycles. The molecule has 172 valence electrons. The van der Waals surface area contributed by atoms with Crippen LogP contribution in [0.1, 0.15) is 19.4 Å². The summed E-state index contributed by atoms with van der Waals surface area (Å²) in [6, 6.07) is 14.8. The van der Waals surface area contributed by atoms with Crippen LogP contribution in [0.5, 0.6) is 11.5 Å². The van der Waals surface area contributed by atoms with Crippen molar-refractivity contribution < 1.29 is 33.3 Å². The van der Waals surface area contributed by atoms with Crippen LogP contribution in [0, 0.1) is 15.4 Å². The molecule has 2 aromatic carbocycles. The van der Waals surface area contributed by atoms with Gasteiger partial charge in [-0.05, 0) is 60.7 Å². The molecule has 0 atom stereocenters. The van der Waals surface area contributed by atoms with Gasteiger partial charge in [0.15, 0.2) is 13.2 Å². The quantitative estimate of drug-likeness (QED) is 0.265. The Morgan fingerprint density at radius 1 is 0.844 bits per heavy atom. The van der Waals surface area contributed by atoms with E-state index in [0.717, 1.165) is 9.13 Å². The minimum Gasteiger partial charge on any atom is -0.481 e. The summed E-state index contributed by atoms with van der Waals surface area (Å²) >= 11 is 2.15. The molecule has 2 aromatic rings. The van der Waals surface area contributed by atoms with E-state index >= 15 is 0 Å². The first kappa shape index (κ1) is 27.3. The third-order valence-electron chi connectivity index (χ3n) is 3.46. The minimum absolute atomic E-state index is 0.0339. The van der Waals surface area contributed by atoms with E-state index in [-0.39, 0.29) is 19.2 Å². The summed E-state index contributed by atoms with van der Waals surface area (Å²) in [5.41, 5.74) is 0.721. The Bertz CT molecular complexity index is 902. The molecule has 0 aliphatic rings. The summed E-state index contributed by atoms with van der Waals surface area (Å²) in [5.74, 6) is 6.30. The summed E-state index contributed by atoms with van der Waals surface area (Å²) in [6.45, 7) is 4.45. The number of methoxy groups -OCH3 is 1. The van der Waals surface area contributed by atoms with Crippen LogP contribution in [0.3, 0.4) is 0 Å². The molecule has 0 bridgehead atoms. The molecule has 32 heavy (non-hydrogen) atoms. The van der Waals surface area contributed by atoms with E-state index in [4.69, 9.17) is 23.7 Å². The highest BCUT2D eigenvalue weighted by atomic mass is 127. The Balaban J connectivity index is 0.000000330. The highest BCUT2D eigenvalue weighted by Crippen LogP contribution is 2.19. The van der Waals surface area contributed by atoms with Crippen LogP contribution in [0.2, 0.25) is 0 Å². The number of esters is 2. The number of para-hydroxylation sites is 2. The zero-order valence-corrected chi connectivity index (χ0v) is 20.5. The van der Waals surface area contributed by atoms with Gasteiger partial charge in [0.25, 0.3) is 0 Å². The van der Waals surface area contributed by atoms with Crippen molar-refractivity contribution in [2.75, 3.05) is 40.1 Å². The second kappa shape index (κ2) is 16.9. The molecule has 2 rings (SSSR count). The zero-order chi connectivity index (χ0) is 23.6. The predicted molar refractivity (Wildman–Crippen MR) is 129 cm³/mol. The second-order valence-corrected chi connectivity index (χ2v) is 7.01. The van der Waals surface area contributed by atoms with E-state index in [9.17, 15) is 9.59 Å². The van der Waals surface area contributed by atoms with Crippen LogP contribution in [-0.2, 0) is 23.8 Å². The molecule has 0 radical (unpaired) electrons. The van der Waals surface area contributed by atoms with Gasteiger partial charge in [0.05, 0.1) is 22.3 Å². The van der Waals surface area contributed by atoms with E-state index in [1.54, 1.807) is 27.0 Å². The van der Waals surface area contributed by atoms with Gasteiger partial charge >= 0.3 is 11.9 Å². The minimum atomic E-state index is -0.392. The van der Waals surface area contributed by atoms with Crippen LogP contribution in [0.4, 0.5) is 0 Å². The largest absolute Gasteiger partial charge is 0.481 e. The van der Waals surface area contributed by atoms with Crippen molar-refractivity contribution in [1.82, 2.24) is 0 Å². The topological polar surface area (TPSA) is 80.3 Å². The maximum absolute atomic E-state index is 11.2. The first-order chi connectivity index (χ1) is 15.5. The second-order valence-electron chi connectivity index (χ2n) is 5.85. The lowest BCUT2D eigenvalue weighted by atomic mass is 10.2. The number of hydrogen-bond donors (Lipinski definition) is 0. The first-order valence-corrected chi connectivity index (χ1v) is 11.0. The number of hydrogen-bond acceptors (Lipinski definition) is 7. The molecule has 0 aromatic heterocycles. The van der Waals surface area contributed by atoms with E-state index in [1.807, 2.05) is 42.5 Å². The predicted octanol–water partition coefficient (Wildman–Crippen LogP) is 3.86. The first-order valence-electron chi connectivity index (χ1n) is 9.89. The van der Waals surface area contributed by atoms with Crippen molar-refractivity contribution >= 4 is 34.5 Å². The molecule has 8 heteroatoms. The maximum atomic E-state index is 11.2. The molecule has 0 saturated carbocycles. The van der Waals surface area contributed by atoms with Gasteiger partial charge < -0.3 is 23.7 Å². The van der Waals surface area contributed by atoms with Crippen molar-refractivity contribution in [2.45, 2.75) is 13.8 Å². The number of carbonyl (C=O) groups is 2. The van der Waals surface area contributed by atoms with Gasteiger partial charge in [-0.3, -0.25) is 0 Å². The van der Waals surface area contributed by atoms with Crippen molar-refractivity contribution in [3.05, 3.63) is 57.7 Å². The van der Waals surface area contributed by atoms with Crippen molar-refractivity contribution in [2.24, 2.45) is 0 Å². The molecule has 0 aliphatic carbocycles. The van der Waals surface area contributed by atoms with Crippen LogP contribution >= 0.6 is 22.6 Å². The van der Waals surface area contributed by atoms with Gasteiger partial charge in [-0.25, -0.2) is 9.59 Å². The van der Waals surface area contributed by atoms with Gasteiger partial charge in [0.1, 0.15) is 18.1 Å². The standard InChI is InChI=1S/C14H16O4.C10H11IO3/c1-3-17-14(15)11-18-13-9-5-4-7-12(13)8-6-10-16-2;1-2-13-10(12)7-14-9-6-4-3-5-8(9)11/h4-5,7,9H,3,10-11H2,1-2H3;3-6H,2,7H2,1H3. The number of halogens is 1. The number of ether oxygens (including phenoxy) is 5. The molecule has 7 nitrogen and oxygen atoms in total. The SMILES string of the molecule is CCOC(=O)COc1ccccc1C#CCOC.CCOC(=O)COc1ccccc1I. The molecule has 0 saturated heterocycles. The van der Waals surface area contributed by atoms with E-state index in [1.165, 1.54) is 0 Å². The normalized spacial score (nSPS) is 9.38. The highest BCUT2D eigenvalue weighted by molar-refractivity contribution is 14.1. The fourth-order valence-electron chi connectivity index (χ4n) is 2.14. The fraction of sp³-hybridized carbons (Fsp3) is 0.333. The molecule has 0 N–H and O–H groups in total. The monoisotopic (exact) mass is 554 g/mol. The summed E-state index contributed by atoms with van der Waals surface area (Å²) in [6.07, 6.45) is 0. The lowest BCUT2D eigenvalue weighted by molar-refractivity contribution is -0.146. The van der Waals surface area contributed by atoms with Gasteiger partial charge in [-0.2, -0.15) is 0 Å².